The fourth-order valence-electron chi connectivity index (χ4n) is 3.11. The highest BCUT2D eigenvalue weighted by Crippen LogP contribution is 2.36. The summed E-state index contributed by atoms with van der Waals surface area (Å²) in [7, 11) is 3.80. The summed E-state index contributed by atoms with van der Waals surface area (Å²) in [6, 6.07) is -0.0203. The van der Waals surface area contributed by atoms with Gasteiger partial charge in [-0.3, -0.25) is 9.78 Å². The lowest BCUT2D eigenvalue weighted by Crippen LogP contribution is -2.29. The maximum absolute atomic E-state index is 12.2. The molecular weight excluding hydrogens is 292 g/mol. The SMILES string of the molecule is Cc1cnc(C)c(NC[C@@H]2CC(=O)N(C)[C@H]2c2nccn2C)n1. The third-order valence-corrected chi connectivity index (χ3v) is 4.42. The normalized spacial score (nSPS) is 21.0. The highest BCUT2D eigenvalue weighted by atomic mass is 16.2. The lowest BCUT2D eigenvalue weighted by molar-refractivity contribution is -0.127. The maximum atomic E-state index is 12.2. The van der Waals surface area contributed by atoms with Gasteiger partial charge in [-0.15, -0.1) is 0 Å². The van der Waals surface area contributed by atoms with E-state index in [1.54, 1.807) is 17.3 Å². The Kier molecular flexibility index (Phi) is 4.02. The van der Waals surface area contributed by atoms with Crippen molar-refractivity contribution >= 4 is 11.7 Å². The van der Waals surface area contributed by atoms with E-state index in [1.807, 2.05) is 38.7 Å². The first-order valence-electron chi connectivity index (χ1n) is 7.74. The Balaban J connectivity index is 1.79. The summed E-state index contributed by atoms with van der Waals surface area (Å²) < 4.78 is 1.98. The van der Waals surface area contributed by atoms with Crippen molar-refractivity contribution in [2.45, 2.75) is 26.3 Å². The number of aryl methyl sites for hydroxylation is 3. The van der Waals surface area contributed by atoms with Crippen LogP contribution in [0.2, 0.25) is 0 Å². The van der Waals surface area contributed by atoms with Crippen LogP contribution in [0.5, 0.6) is 0 Å². The van der Waals surface area contributed by atoms with Crippen LogP contribution < -0.4 is 5.32 Å². The third kappa shape index (κ3) is 2.91. The third-order valence-electron chi connectivity index (χ3n) is 4.42. The molecule has 0 aliphatic carbocycles. The molecule has 0 bridgehead atoms. The van der Waals surface area contributed by atoms with Gasteiger partial charge >= 0.3 is 0 Å². The molecule has 0 spiro atoms. The summed E-state index contributed by atoms with van der Waals surface area (Å²) in [6.07, 6.45) is 5.95. The van der Waals surface area contributed by atoms with Crippen LogP contribution in [0.15, 0.2) is 18.6 Å². The molecule has 0 saturated carbocycles. The molecule has 7 nitrogen and oxygen atoms in total. The number of carbonyl (C=O) groups is 1. The van der Waals surface area contributed by atoms with Gasteiger partial charge in [0.05, 0.1) is 17.4 Å². The predicted octanol–water partition coefficient (Wildman–Crippen LogP) is 1.46. The van der Waals surface area contributed by atoms with Crippen molar-refractivity contribution in [1.29, 1.82) is 0 Å². The van der Waals surface area contributed by atoms with Gasteiger partial charge < -0.3 is 14.8 Å². The molecule has 1 saturated heterocycles. The Bertz CT molecular complexity index is 725. The molecule has 1 fully saturated rings. The Labute approximate surface area is 135 Å². The molecule has 0 radical (unpaired) electrons. The second kappa shape index (κ2) is 5.98. The van der Waals surface area contributed by atoms with Gasteiger partial charge in [0.25, 0.3) is 0 Å². The zero-order chi connectivity index (χ0) is 16.6. The molecular formula is C16H22N6O. The number of amides is 1. The van der Waals surface area contributed by atoms with Crippen molar-refractivity contribution in [2.24, 2.45) is 13.0 Å². The Morgan fingerprint density at radius 3 is 2.78 bits per heavy atom. The molecule has 1 aliphatic rings. The van der Waals surface area contributed by atoms with E-state index >= 15 is 0 Å². The Hall–Kier alpha value is -2.44. The largest absolute Gasteiger partial charge is 0.368 e. The summed E-state index contributed by atoms with van der Waals surface area (Å²) in [5.41, 5.74) is 1.74. The standard InChI is InChI=1S/C16H22N6O/c1-10-8-18-11(2)15(20-10)19-9-12-7-13(23)22(4)14(12)16-17-5-6-21(16)3/h5-6,8,12,14H,7,9H2,1-4H3,(H,19,20)/t12-,14+/m0/s1. The molecule has 2 atom stereocenters. The minimum absolute atomic E-state index is 0.0203. The summed E-state index contributed by atoms with van der Waals surface area (Å²) in [5, 5.41) is 3.36. The van der Waals surface area contributed by atoms with E-state index in [1.165, 1.54) is 0 Å². The average molecular weight is 314 g/mol. The van der Waals surface area contributed by atoms with Crippen molar-refractivity contribution in [1.82, 2.24) is 24.4 Å². The van der Waals surface area contributed by atoms with Crippen molar-refractivity contribution in [3.63, 3.8) is 0 Å². The van der Waals surface area contributed by atoms with E-state index in [2.05, 4.69) is 20.3 Å². The van der Waals surface area contributed by atoms with E-state index in [0.29, 0.717) is 13.0 Å². The van der Waals surface area contributed by atoms with Gasteiger partial charge in [0.2, 0.25) is 5.91 Å². The van der Waals surface area contributed by atoms with Gasteiger partial charge in [-0.25, -0.2) is 9.97 Å². The minimum Gasteiger partial charge on any atom is -0.368 e. The van der Waals surface area contributed by atoms with Gasteiger partial charge in [-0.1, -0.05) is 0 Å². The topological polar surface area (TPSA) is 75.9 Å². The predicted molar refractivity (Wildman–Crippen MR) is 86.8 cm³/mol. The first kappa shape index (κ1) is 15.5. The second-order valence-corrected chi connectivity index (χ2v) is 6.14. The first-order valence-corrected chi connectivity index (χ1v) is 7.74. The van der Waals surface area contributed by atoms with Crippen LogP contribution in [-0.2, 0) is 11.8 Å². The number of likely N-dealkylation sites (tertiary alicyclic amines) is 1. The number of carbonyl (C=O) groups excluding carboxylic acids is 1. The van der Waals surface area contributed by atoms with E-state index in [4.69, 9.17) is 0 Å². The molecule has 3 heterocycles. The lowest BCUT2D eigenvalue weighted by atomic mass is 9.99. The van der Waals surface area contributed by atoms with Crippen LogP contribution >= 0.6 is 0 Å². The number of anilines is 1. The molecule has 2 aromatic rings. The lowest BCUT2D eigenvalue weighted by Gasteiger charge is -2.25. The zero-order valence-corrected chi connectivity index (χ0v) is 13.9. The smallest absolute Gasteiger partial charge is 0.223 e. The molecule has 2 aromatic heterocycles. The van der Waals surface area contributed by atoms with Gasteiger partial charge in [0.1, 0.15) is 11.6 Å². The molecule has 0 aromatic carbocycles. The quantitative estimate of drug-likeness (QED) is 0.924. The van der Waals surface area contributed by atoms with E-state index in [0.717, 1.165) is 23.0 Å². The number of aromatic nitrogens is 4. The number of nitrogens with one attached hydrogen (secondary N) is 1. The van der Waals surface area contributed by atoms with Gasteiger partial charge in [-0.05, 0) is 13.8 Å². The van der Waals surface area contributed by atoms with Gasteiger partial charge in [0.15, 0.2) is 0 Å². The number of hydrogen-bond acceptors (Lipinski definition) is 5. The first-order chi connectivity index (χ1) is 11.0. The van der Waals surface area contributed by atoms with Crippen molar-refractivity contribution in [3.8, 4) is 0 Å². The number of rotatable bonds is 4. The zero-order valence-electron chi connectivity index (χ0n) is 13.9. The molecule has 1 N–H and O–H groups in total. The van der Waals surface area contributed by atoms with Crippen LogP contribution in [0.3, 0.4) is 0 Å². The fraction of sp³-hybridized carbons (Fsp3) is 0.500. The van der Waals surface area contributed by atoms with Crippen LogP contribution in [-0.4, -0.2) is 43.9 Å². The van der Waals surface area contributed by atoms with E-state index in [-0.39, 0.29) is 17.9 Å². The molecule has 23 heavy (non-hydrogen) atoms. The summed E-state index contributed by atoms with van der Waals surface area (Å²) in [4.78, 5) is 27.2. The number of nitrogens with zero attached hydrogens (tertiary/aromatic N) is 5. The van der Waals surface area contributed by atoms with E-state index < -0.39 is 0 Å². The maximum Gasteiger partial charge on any atom is 0.223 e. The molecule has 1 aliphatic heterocycles. The molecule has 7 heteroatoms. The second-order valence-electron chi connectivity index (χ2n) is 6.14. The van der Waals surface area contributed by atoms with Crippen molar-refractivity contribution < 1.29 is 4.79 Å². The van der Waals surface area contributed by atoms with E-state index in [9.17, 15) is 4.79 Å². The van der Waals surface area contributed by atoms with Gasteiger partial charge in [-0.2, -0.15) is 0 Å². The summed E-state index contributed by atoms with van der Waals surface area (Å²) in [6.45, 7) is 4.50. The van der Waals surface area contributed by atoms with Crippen LogP contribution in [0.1, 0.15) is 29.7 Å². The highest BCUT2D eigenvalue weighted by molar-refractivity contribution is 5.79. The molecule has 3 rings (SSSR count). The van der Waals surface area contributed by atoms with Gasteiger partial charge in [0, 0.05) is 51.6 Å². The fourth-order valence-corrected chi connectivity index (χ4v) is 3.11. The van der Waals surface area contributed by atoms with Crippen LogP contribution in [0.25, 0.3) is 0 Å². The van der Waals surface area contributed by atoms with Crippen LogP contribution in [0, 0.1) is 19.8 Å². The number of imidazole rings is 1. The summed E-state index contributed by atoms with van der Waals surface area (Å²) >= 11 is 0. The monoisotopic (exact) mass is 314 g/mol. The Morgan fingerprint density at radius 2 is 2.09 bits per heavy atom. The molecule has 0 unspecified atom stereocenters. The molecule has 1 amide bonds. The minimum atomic E-state index is -0.0203. The Morgan fingerprint density at radius 1 is 1.30 bits per heavy atom. The van der Waals surface area contributed by atoms with Crippen LogP contribution in [0.4, 0.5) is 5.82 Å². The average Bonchev–Trinajstić information content (AvgIpc) is 3.04. The highest BCUT2D eigenvalue weighted by Gasteiger charge is 2.40. The van der Waals surface area contributed by atoms with Crippen molar-refractivity contribution in [3.05, 3.63) is 35.8 Å². The summed E-state index contributed by atoms with van der Waals surface area (Å²) in [5.74, 6) is 2.00. The number of hydrogen-bond donors (Lipinski definition) is 1. The van der Waals surface area contributed by atoms with Crippen molar-refractivity contribution in [2.75, 3.05) is 18.9 Å². The molecule has 122 valence electrons.